The smallest absolute Gasteiger partial charge is 0.228 e. The van der Waals surface area contributed by atoms with E-state index in [1.807, 2.05) is 35.9 Å². The van der Waals surface area contributed by atoms with Crippen LogP contribution in [0.25, 0.3) is 5.65 Å². The fraction of sp³-hybridized carbons (Fsp3) is 0.444. The summed E-state index contributed by atoms with van der Waals surface area (Å²) >= 11 is 0. The highest BCUT2D eigenvalue weighted by Gasteiger charge is 2.60. The number of carbonyl (C=O) groups excluding carboxylic acids is 1. The number of carbonyl (C=O) groups is 1. The average molecular weight is 297 g/mol. The van der Waals surface area contributed by atoms with Gasteiger partial charge in [0.05, 0.1) is 17.3 Å². The molecule has 2 aromatic heterocycles. The SMILES string of the molecule is CC(C)=C[C@H]1[C@@H](C(=O)Nc2ccc3nc(C)cn3c2)C1(C)C. The molecule has 1 saturated carbocycles. The first-order valence-corrected chi connectivity index (χ1v) is 7.70. The molecule has 0 radical (unpaired) electrons. The van der Waals surface area contributed by atoms with Crippen LogP contribution in [0.2, 0.25) is 0 Å². The Morgan fingerprint density at radius 3 is 2.73 bits per heavy atom. The minimum Gasteiger partial charge on any atom is -0.324 e. The summed E-state index contributed by atoms with van der Waals surface area (Å²) in [5.74, 6) is 0.475. The number of aryl methyl sites for hydroxylation is 1. The van der Waals surface area contributed by atoms with E-state index < -0.39 is 0 Å². The third kappa shape index (κ3) is 2.54. The molecule has 2 atom stereocenters. The van der Waals surface area contributed by atoms with Gasteiger partial charge >= 0.3 is 0 Å². The Morgan fingerprint density at radius 2 is 2.05 bits per heavy atom. The van der Waals surface area contributed by atoms with Crippen molar-refractivity contribution in [3.63, 3.8) is 0 Å². The van der Waals surface area contributed by atoms with Crippen LogP contribution in [0.3, 0.4) is 0 Å². The van der Waals surface area contributed by atoms with Crippen molar-refractivity contribution in [2.24, 2.45) is 17.3 Å². The van der Waals surface area contributed by atoms with Crippen molar-refractivity contribution in [1.82, 2.24) is 9.38 Å². The minimum absolute atomic E-state index is 0.0387. The van der Waals surface area contributed by atoms with Crippen molar-refractivity contribution in [2.45, 2.75) is 34.6 Å². The fourth-order valence-electron chi connectivity index (χ4n) is 3.26. The molecule has 1 fully saturated rings. The highest BCUT2D eigenvalue weighted by atomic mass is 16.2. The molecule has 4 nitrogen and oxygen atoms in total. The fourth-order valence-corrected chi connectivity index (χ4v) is 3.26. The van der Waals surface area contributed by atoms with Gasteiger partial charge in [-0.15, -0.1) is 0 Å². The molecule has 2 heterocycles. The van der Waals surface area contributed by atoms with Gasteiger partial charge in [0.15, 0.2) is 0 Å². The van der Waals surface area contributed by atoms with Crippen molar-refractivity contribution < 1.29 is 4.79 Å². The van der Waals surface area contributed by atoms with Crippen LogP contribution in [0.1, 0.15) is 33.4 Å². The van der Waals surface area contributed by atoms with Crippen molar-refractivity contribution in [3.8, 4) is 0 Å². The van der Waals surface area contributed by atoms with E-state index in [-0.39, 0.29) is 17.2 Å². The molecule has 0 bridgehead atoms. The van der Waals surface area contributed by atoms with Crippen molar-refractivity contribution in [3.05, 3.63) is 41.9 Å². The number of imidazole rings is 1. The molecule has 0 unspecified atom stereocenters. The molecular formula is C18H23N3O. The van der Waals surface area contributed by atoms with Crippen LogP contribution in [0.4, 0.5) is 5.69 Å². The Morgan fingerprint density at radius 1 is 1.32 bits per heavy atom. The van der Waals surface area contributed by atoms with Gasteiger partial charge in [-0.05, 0) is 44.2 Å². The van der Waals surface area contributed by atoms with Gasteiger partial charge in [0.25, 0.3) is 0 Å². The summed E-state index contributed by atoms with van der Waals surface area (Å²) in [4.78, 5) is 16.9. The molecule has 0 aliphatic heterocycles. The molecule has 3 rings (SSSR count). The van der Waals surface area contributed by atoms with Crippen LogP contribution in [-0.4, -0.2) is 15.3 Å². The van der Waals surface area contributed by atoms with E-state index in [1.165, 1.54) is 5.57 Å². The Balaban J connectivity index is 1.77. The second-order valence-electron chi connectivity index (χ2n) is 7.12. The maximum atomic E-state index is 12.6. The predicted octanol–water partition coefficient (Wildman–Crippen LogP) is 3.82. The Kier molecular flexibility index (Phi) is 3.35. The second kappa shape index (κ2) is 4.97. The zero-order valence-corrected chi connectivity index (χ0v) is 13.8. The first-order valence-electron chi connectivity index (χ1n) is 7.70. The summed E-state index contributed by atoms with van der Waals surface area (Å²) in [7, 11) is 0. The standard InChI is InChI=1S/C18H23N3O/c1-11(2)8-14-16(18(14,4)5)17(22)20-13-6-7-15-19-12(3)9-21(15)10-13/h6-10,14,16H,1-5H3,(H,20,22)/t14-,16-/m0/s1. The van der Waals surface area contributed by atoms with Gasteiger partial charge in [-0.1, -0.05) is 25.5 Å². The number of hydrogen-bond acceptors (Lipinski definition) is 2. The van der Waals surface area contributed by atoms with Gasteiger partial charge in [0.2, 0.25) is 5.91 Å². The first kappa shape index (κ1) is 14.8. The summed E-state index contributed by atoms with van der Waals surface area (Å²) in [6.45, 7) is 10.4. The van der Waals surface area contributed by atoms with E-state index >= 15 is 0 Å². The number of rotatable bonds is 3. The summed E-state index contributed by atoms with van der Waals surface area (Å²) in [5, 5.41) is 3.05. The van der Waals surface area contributed by atoms with Gasteiger partial charge in [-0.3, -0.25) is 4.79 Å². The molecule has 1 N–H and O–H groups in total. The lowest BCUT2D eigenvalue weighted by atomic mass is 10.1. The number of pyridine rings is 1. The Labute approximate surface area is 131 Å². The largest absolute Gasteiger partial charge is 0.324 e. The average Bonchev–Trinajstić information content (AvgIpc) is 2.75. The molecule has 4 heteroatoms. The molecule has 1 aliphatic rings. The number of amides is 1. The number of nitrogens with zero attached hydrogens (tertiary/aromatic N) is 2. The lowest BCUT2D eigenvalue weighted by Gasteiger charge is -2.06. The van der Waals surface area contributed by atoms with Crippen LogP contribution in [-0.2, 0) is 4.79 Å². The second-order valence-corrected chi connectivity index (χ2v) is 7.12. The third-order valence-electron chi connectivity index (χ3n) is 4.55. The van der Waals surface area contributed by atoms with E-state index in [9.17, 15) is 4.79 Å². The predicted molar refractivity (Wildman–Crippen MR) is 88.8 cm³/mol. The molecule has 116 valence electrons. The van der Waals surface area contributed by atoms with E-state index in [2.05, 4.69) is 44.1 Å². The Bertz CT molecular complexity index is 766. The summed E-state index contributed by atoms with van der Waals surface area (Å²) < 4.78 is 1.94. The van der Waals surface area contributed by atoms with Gasteiger partial charge in [0.1, 0.15) is 5.65 Å². The number of hydrogen-bond donors (Lipinski definition) is 1. The molecule has 0 saturated heterocycles. The molecule has 0 aromatic carbocycles. The number of nitrogens with one attached hydrogen (secondary N) is 1. The quantitative estimate of drug-likeness (QED) is 0.875. The minimum atomic E-state index is 0.0387. The van der Waals surface area contributed by atoms with Crippen LogP contribution >= 0.6 is 0 Å². The number of fused-ring (bicyclic) bond motifs is 1. The van der Waals surface area contributed by atoms with Crippen LogP contribution in [0.5, 0.6) is 0 Å². The van der Waals surface area contributed by atoms with Crippen LogP contribution in [0.15, 0.2) is 36.2 Å². The third-order valence-corrected chi connectivity index (χ3v) is 4.55. The van der Waals surface area contributed by atoms with Crippen molar-refractivity contribution in [2.75, 3.05) is 5.32 Å². The van der Waals surface area contributed by atoms with E-state index in [0.29, 0.717) is 5.92 Å². The topological polar surface area (TPSA) is 46.4 Å². The van der Waals surface area contributed by atoms with Crippen LogP contribution in [0, 0.1) is 24.2 Å². The Hall–Kier alpha value is -2.10. The van der Waals surface area contributed by atoms with E-state index in [0.717, 1.165) is 17.0 Å². The first-order chi connectivity index (χ1) is 10.3. The van der Waals surface area contributed by atoms with Gasteiger partial charge in [-0.25, -0.2) is 4.98 Å². The zero-order chi connectivity index (χ0) is 16.1. The lowest BCUT2D eigenvalue weighted by molar-refractivity contribution is -0.118. The maximum absolute atomic E-state index is 12.6. The number of anilines is 1. The molecule has 22 heavy (non-hydrogen) atoms. The number of allylic oxidation sites excluding steroid dienone is 2. The lowest BCUT2D eigenvalue weighted by Crippen LogP contribution is -2.17. The molecular weight excluding hydrogens is 274 g/mol. The van der Waals surface area contributed by atoms with Gasteiger partial charge < -0.3 is 9.72 Å². The molecule has 2 aromatic rings. The summed E-state index contributed by atoms with van der Waals surface area (Å²) in [6, 6.07) is 3.83. The normalized spacial score (nSPS) is 22.4. The molecule has 0 spiro atoms. The van der Waals surface area contributed by atoms with E-state index in [1.54, 1.807) is 0 Å². The van der Waals surface area contributed by atoms with Crippen molar-refractivity contribution in [1.29, 1.82) is 0 Å². The highest BCUT2D eigenvalue weighted by molar-refractivity contribution is 5.95. The molecule has 1 aliphatic carbocycles. The zero-order valence-electron chi connectivity index (χ0n) is 13.8. The summed E-state index contributed by atoms with van der Waals surface area (Å²) in [5.41, 5.74) is 3.98. The van der Waals surface area contributed by atoms with Gasteiger partial charge in [0, 0.05) is 12.4 Å². The van der Waals surface area contributed by atoms with E-state index in [4.69, 9.17) is 0 Å². The highest BCUT2D eigenvalue weighted by Crippen LogP contribution is 2.59. The number of aromatic nitrogens is 2. The molecule has 1 amide bonds. The summed E-state index contributed by atoms with van der Waals surface area (Å²) in [6.07, 6.45) is 6.09. The monoisotopic (exact) mass is 297 g/mol. The maximum Gasteiger partial charge on any atom is 0.228 e. The van der Waals surface area contributed by atoms with Crippen molar-refractivity contribution >= 4 is 17.2 Å². The van der Waals surface area contributed by atoms with Gasteiger partial charge in [-0.2, -0.15) is 0 Å². The van der Waals surface area contributed by atoms with Crippen LogP contribution < -0.4 is 5.32 Å².